The van der Waals surface area contributed by atoms with Gasteiger partial charge in [0, 0.05) is 36.8 Å². The number of thiazole rings is 2. The standard InChI is InChI=1S/C26H28N3O2S3/c1-3-27-14-16-32-22(27)12-11-21-26(31)28(4-2)23(33-21)17-24-29(13-15-30)20-10-9-18-7-5-6-8-19(18)25(20)34-24/h5-12,17,30H,3-4,13-16H2,1-2H3/q+1. The van der Waals surface area contributed by atoms with Crippen LogP contribution in [0.15, 0.2) is 52.3 Å². The molecule has 1 fully saturated rings. The van der Waals surface area contributed by atoms with Gasteiger partial charge in [-0.25, -0.2) is 0 Å². The van der Waals surface area contributed by atoms with Gasteiger partial charge in [0.1, 0.15) is 16.0 Å². The number of thioether (sulfide) groups is 1. The molecule has 0 aliphatic carbocycles. The van der Waals surface area contributed by atoms with Gasteiger partial charge >= 0.3 is 0 Å². The van der Waals surface area contributed by atoms with Crippen LogP contribution in [0.1, 0.15) is 18.9 Å². The molecule has 1 saturated heterocycles. The molecule has 3 heterocycles. The van der Waals surface area contributed by atoms with E-state index in [9.17, 15) is 9.90 Å². The molecule has 0 saturated carbocycles. The van der Waals surface area contributed by atoms with E-state index in [2.05, 4.69) is 64.9 Å². The zero-order valence-corrected chi connectivity index (χ0v) is 21.8. The van der Waals surface area contributed by atoms with E-state index < -0.39 is 0 Å². The van der Waals surface area contributed by atoms with Gasteiger partial charge in [-0.1, -0.05) is 35.6 Å². The van der Waals surface area contributed by atoms with Gasteiger partial charge in [-0.3, -0.25) is 9.36 Å². The Morgan fingerprint density at radius 2 is 1.94 bits per heavy atom. The van der Waals surface area contributed by atoms with Crippen molar-refractivity contribution in [2.24, 2.45) is 0 Å². The molecule has 8 heteroatoms. The third-order valence-electron chi connectivity index (χ3n) is 6.13. The van der Waals surface area contributed by atoms with Gasteiger partial charge in [-0.15, -0.1) is 23.1 Å². The molecule has 0 amide bonds. The Morgan fingerprint density at radius 1 is 1.09 bits per heavy atom. The van der Waals surface area contributed by atoms with Gasteiger partial charge in [0.15, 0.2) is 6.54 Å². The van der Waals surface area contributed by atoms with Crippen molar-refractivity contribution in [1.29, 1.82) is 0 Å². The van der Waals surface area contributed by atoms with Crippen molar-refractivity contribution in [1.82, 2.24) is 9.47 Å². The first-order valence-electron chi connectivity index (χ1n) is 11.6. The molecule has 0 bridgehead atoms. The molecule has 5 rings (SSSR count). The van der Waals surface area contributed by atoms with Crippen LogP contribution in [0, 0.1) is 0 Å². The van der Waals surface area contributed by atoms with Crippen molar-refractivity contribution >= 4 is 67.6 Å². The highest BCUT2D eigenvalue weighted by Gasteiger charge is 2.21. The predicted octanol–water partition coefficient (Wildman–Crippen LogP) is 3.10. The lowest BCUT2D eigenvalue weighted by molar-refractivity contribution is -0.670. The van der Waals surface area contributed by atoms with Crippen molar-refractivity contribution in [3.63, 3.8) is 0 Å². The molecule has 2 aromatic heterocycles. The predicted molar refractivity (Wildman–Crippen MR) is 146 cm³/mol. The van der Waals surface area contributed by atoms with E-state index in [0.717, 1.165) is 38.6 Å². The van der Waals surface area contributed by atoms with Crippen molar-refractivity contribution < 1.29 is 9.67 Å². The summed E-state index contributed by atoms with van der Waals surface area (Å²) >= 11 is 5.10. The van der Waals surface area contributed by atoms with Gasteiger partial charge in [-0.2, -0.15) is 4.57 Å². The van der Waals surface area contributed by atoms with Crippen molar-refractivity contribution in [2.75, 3.05) is 25.4 Å². The number of fused-ring (bicyclic) bond motifs is 3. The number of rotatable bonds is 6. The molecule has 4 aromatic rings. The fourth-order valence-electron chi connectivity index (χ4n) is 4.41. The number of benzene rings is 2. The second kappa shape index (κ2) is 10.1. The number of aliphatic hydroxyl groups excluding tert-OH is 1. The molecule has 0 atom stereocenters. The van der Waals surface area contributed by atoms with Crippen molar-refractivity contribution in [3.05, 3.63) is 72.1 Å². The molecular weight excluding hydrogens is 483 g/mol. The quantitative estimate of drug-likeness (QED) is 0.405. The van der Waals surface area contributed by atoms with E-state index in [0.29, 0.717) is 13.1 Å². The Labute approximate surface area is 210 Å². The molecule has 5 nitrogen and oxygen atoms in total. The Kier molecular flexibility index (Phi) is 6.92. The average Bonchev–Trinajstić information content (AvgIpc) is 3.54. The summed E-state index contributed by atoms with van der Waals surface area (Å²) in [6, 6.07) is 12.7. The first kappa shape index (κ1) is 23.4. The number of hydrogen-bond acceptors (Lipinski definition) is 6. The number of hydrogen-bond donors (Lipinski definition) is 1. The van der Waals surface area contributed by atoms with Gasteiger partial charge in [0.2, 0.25) is 5.52 Å². The number of allylic oxidation sites excluding steroid dienone is 1. The number of aromatic nitrogens is 2. The molecule has 0 unspecified atom stereocenters. The molecule has 1 N–H and O–H groups in total. The van der Waals surface area contributed by atoms with Crippen LogP contribution in [0.3, 0.4) is 0 Å². The molecule has 0 spiro atoms. The number of aliphatic hydroxyl groups is 1. The maximum absolute atomic E-state index is 13.2. The first-order chi connectivity index (χ1) is 16.6. The SMILES string of the molecule is CCN1CCSC1=CC=c1sc(=Cc2sc3c4ccccc4ccc3[n+]2CCO)n(CC)c1=O. The monoisotopic (exact) mass is 510 g/mol. The van der Waals surface area contributed by atoms with E-state index in [-0.39, 0.29) is 12.2 Å². The fraction of sp³-hybridized carbons (Fsp3) is 0.308. The van der Waals surface area contributed by atoms with Crippen LogP contribution in [0.5, 0.6) is 0 Å². The van der Waals surface area contributed by atoms with Crippen LogP contribution in [0.4, 0.5) is 0 Å². The van der Waals surface area contributed by atoms with Crippen molar-refractivity contribution in [3.8, 4) is 0 Å². The average molecular weight is 511 g/mol. The summed E-state index contributed by atoms with van der Waals surface area (Å²) < 4.78 is 6.90. The van der Waals surface area contributed by atoms with E-state index in [1.165, 1.54) is 31.8 Å². The van der Waals surface area contributed by atoms with Gasteiger partial charge in [0.25, 0.3) is 10.6 Å². The van der Waals surface area contributed by atoms with Crippen LogP contribution < -0.4 is 19.3 Å². The molecule has 34 heavy (non-hydrogen) atoms. The van der Waals surface area contributed by atoms with Gasteiger partial charge in [-0.05, 0) is 37.5 Å². The second-order valence-corrected chi connectivity index (χ2v) is 11.3. The number of nitrogens with zero attached hydrogens (tertiary/aromatic N) is 3. The molecule has 176 valence electrons. The normalized spacial score (nSPS) is 16.7. The maximum atomic E-state index is 13.2. The lowest BCUT2D eigenvalue weighted by Gasteiger charge is -2.14. The zero-order valence-electron chi connectivity index (χ0n) is 19.4. The third-order valence-corrected chi connectivity index (χ3v) is 9.46. The fourth-order valence-corrected chi connectivity index (χ4v) is 7.88. The van der Waals surface area contributed by atoms with E-state index in [1.807, 2.05) is 29.3 Å². The highest BCUT2D eigenvalue weighted by molar-refractivity contribution is 8.03. The largest absolute Gasteiger partial charge is 0.390 e. The van der Waals surface area contributed by atoms with Crippen LogP contribution in [0.25, 0.3) is 33.1 Å². The lowest BCUT2D eigenvalue weighted by atomic mass is 10.1. The Balaban J connectivity index is 1.68. The summed E-state index contributed by atoms with van der Waals surface area (Å²) in [7, 11) is 0. The Hall–Kier alpha value is -2.39. The summed E-state index contributed by atoms with van der Waals surface area (Å²) in [5.41, 5.74) is 1.17. The Morgan fingerprint density at radius 3 is 2.74 bits per heavy atom. The molecule has 1 aliphatic heterocycles. The van der Waals surface area contributed by atoms with E-state index >= 15 is 0 Å². The summed E-state index contributed by atoms with van der Waals surface area (Å²) in [6.07, 6.45) is 6.18. The minimum absolute atomic E-state index is 0.0573. The van der Waals surface area contributed by atoms with Gasteiger partial charge < -0.3 is 10.0 Å². The van der Waals surface area contributed by atoms with E-state index in [4.69, 9.17) is 0 Å². The molecule has 0 radical (unpaired) electrons. The Bertz CT molecular complexity index is 1560. The zero-order chi connectivity index (χ0) is 23.7. The van der Waals surface area contributed by atoms with Crippen molar-refractivity contribution in [2.45, 2.75) is 26.9 Å². The topological polar surface area (TPSA) is 49.4 Å². The minimum Gasteiger partial charge on any atom is -0.390 e. The molecule has 2 aromatic carbocycles. The maximum Gasteiger partial charge on any atom is 0.269 e. The van der Waals surface area contributed by atoms with Crippen LogP contribution >= 0.6 is 34.4 Å². The minimum atomic E-state index is 0.0573. The lowest BCUT2D eigenvalue weighted by Crippen LogP contribution is -2.38. The highest BCUT2D eigenvalue weighted by atomic mass is 32.2. The summed E-state index contributed by atoms with van der Waals surface area (Å²) in [4.78, 5) is 15.5. The smallest absolute Gasteiger partial charge is 0.269 e. The molecule has 1 aliphatic rings. The molecular formula is C26H28N3O2S3+. The van der Waals surface area contributed by atoms with Crippen LogP contribution in [-0.4, -0.2) is 40.0 Å². The first-order valence-corrected chi connectivity index (χ1v) is 14.2. The summed E-state index contributed by atoms with van der Waals surface area (Å²) in [6.45, 7) is 7.43. The highest BCUT2D eigenvalue weighted by Crippen LogP contribution is 2.30. The van der Waals surface area contributed by atoms with Crippen LogP contribution in [0.2, 0.25) is 0 Å². The summed E-state index contributed by atoms with van der Waals surface area (Å²) in [5.74, 6) is 1.10. The van der Waals surface area contributed by atoms with E-state index in [1.54, 1.807) is 11.3 Å². The van der Waals surface area contributed by atoms with Gasteiger partial charge in [0.05, 0.1) is 15.6 Å². The third kappa shape index (κ3) is 4.24. The summed E-state index contributed by atoms with van der Waals surface area (Å²) in [5, 5.41) is 14.5. The second-order valence-electron chi connectivity index (χ2n) is 8.05. The van der Waals surface area contributed by atoms with Crippen LogP contribution in [-0.2, 0) is 13.1 Å².